The molecule has 1 aromatic heterocycles. The van der Waals surface area contributed by atoms with Crippen molar-refractivity contribution in [2.45, 2.75) is 12.8 Å². The Balaban J connectivity index is 2.49. The normalized spacial score (nSPS) is 12.7. The van der Waals surface area contributed by atoms with Crippen LogP contribution in [0, 0.1) is 4.77 Å². The van der Waals surface area contributed by atoms with Crippen molar-refractivity contribution in [2.75, 3.05) is 5.73 Å². The van der Waals surface area contributed by atoms with Crippen LogP contribution in [-0.4, -0.2) is 9.97 Å². The molecule has 0 bridgehead atoms. The minimum Gasteiger partial charge on any atom is -0.398 e. The second-order valence-electron chi connectivity index (χ2n) is 4.36. The molecule has 0 radical (unpaired) electrons. The summed E-state index contributed by atoms with van der Waals surface area (Å²) in [6, 6.07) is 5.94. The fourth-order valence-electron chi connectivity index (χ4n) is 2.08. The van der Waals surface area contributed by atoms with Gasteiger partial charge < -0.3 is 15.7 Å². The monoisotopic (exact) mass is 271 g/mol. The maximum absolute atomic E-state index is 6.06. The van der Waals surface area contributed by atoms with Gasteiger partial charge in [0.15, 0.2) is 4.77 Å². The van der Waals surface area contributed by atoms with Crippen molar-refractivity contribution in [3.63, 3.8) is 0 Å². The fraction of sp³-hybridized carbons (Fsp3) is 0.133. The van der Waals surface area contributed by atoms with E-state index in [1.165, 1.54) is 0 Å². The second kappa shape index (κ2) is 5.71. The molecule has 3 nitrogen and oxygen atoms in total. The number of imidazole rings is 1. The molecule has 1 heterocycles. The Bertz CT molecular complexity index is 664. The summed E-state index contributed by atoms with van der Waals surface area (Å²) in [6.07, 6.45) is 7.51. The molecular formula is C15H17N3S. The van der Waals surface area contributed by atoms with Gasteiger partial charge in [-0.25, -0.2) is 0 Å². The van der Waals surface area contributed by atoms with Crippen LogP contribution in [0.4, 0.5) is 5.69 Å². The van der Waals surface area contributed by atoms with E-state index in [2.05, 4.69) is 29.5 Å². The number of aromatic nitrogens is 2. The Kier molecular flexibility index (Phi) is 4.02. The minimum atomic E-state index is 0.181. The Hall–Kier alpha value is -2.07. The zero-order valence-electron chi connectivity index (χ0n) is 10.8. The molecule has 0 unspecified atom stereocenters. The van der Waals surface area contributed by atoms with Gasteiger partial charge in [-0.3, -0.25) is 0 Å². The molecule has 0 spiro atoms. The van der Waals surface area contributed by atoms with Gasteiger partial charge in [0, 0.05) is 29.1 Å². The molecule has 19 heavy (non-hydrogen) atoms. The number of nitrogens with two attached hydrogens (primary N) is 1. The highest BCUT2D eigenvalue weighted by Crippen LogP contribution is 2.29. The third kappa shape index (κ3) is 2.85. The average molecular weight is 271 g/mol. The van der Waals surface area contributed by atoms with Crippen molar-refractivity contribution in [1.82, 2.24) is 9.97 Å². The molecule has 0 amide bonds. The van der Waals surface area contributed by atoms with E-state index in [1.54, 1.807) is 6.08 Å². The highest BCUT2D eigenvalue weighted by Gasteiger charge is 2.14. The lowest BCUT2D eigenvalue weighted by molar-refractivity contribution is 0.880. The van der Waals surface area contributed by atoms with Crippen LogP contribution in [0.5, 0.6) is 0 Å². The molecule has 0 aliphatic carbocycles. The Morgan fingerprint density at radius 2 is 2.21 bits per heavy atom. The summed E-state index contributed by atoms with van der Waals surface area (Å²) < 4.78 is 0.633. The summed E-state index contributed by atoms with van der Waals surface area (Å²) in [5.41, 5.74) is 10.0. The molecule has 0 saturated carbocycles. The standard InChI is InChI=1S/C15H17N3S/c1-3-4-6-12-11(7-5-8-13(12)16)10(2)14-9-17-15(19)18-14/h3-10H,1,16H2,2H3,(H2,17,18,19)/b6-4-/t10-/m0/s1. The lowest BCUT2D eigenvalue weighted by atomic mass is 9.92. The Morgan fingerprint density at radius 1 is 1.42 bits per heavy atom. The van der Waals surface area contributed by atoms with Gasteiger partial charge in [-0.05, 0) is 23.8 Å². The number of anilines is 1. The maximum atomic E-state index is 6.06. The number of hydrogen-bond acceptors (Lipinski definition) is 2. The van der Waals surface area contributed by atoms with Crippen LogP contribution in [0.25, 0.3) is 6.08 Å². The largest absolute Gasteiger partial charge is 0.398 e. The molecular weight excluding hydrogens is 254 g/mol. The van der Waals surface area contributed by atoms with Gasteiger partial charge in [0.2, 0.25) is 0 Å². The lowest BCUT2D eigenvalue weighted by Gasteiger charge is -2.15. The van der Waals surface area contributed by atoms with Crippen LogP contribution < -0.4 is 5.73 Å². The van der Waals surface area contributed by atoms with E-state index in [9.17, 15) is 0 Å². The zero-order valence-corrected chi connectivity index (χ0v) is 11.6. The lowest BCUT2D eigenvalue weighted by Crippen LogP contribution is -2.02. The molecule has 4 heteroatoms. The molecule has 0 aliphatic rings. The first kappa shape index (κ1) is 13.4. The third-order valence-corrected chi connectivity index (χ3v) is 3.34. The van der Waals surface area contributed by atoms with Crippen molar-refractivity contribution < 1.29 is 0 Å². The molecule has 2 rings (SSSR count). The van der Waals surface area contributed by atoms with E-state index in [0.29, 0.717) is 4.77 Å². The SMILES string of the molecule is C=C/C=C\c1c(N)cccc1[C@H](C)c1c[nH]c(=S)[nH]1. The van der Waals surface area contributed by atoms with Gasteiger partial charge in [0.1, 0.15) is 0 Å². The molecule has 98 valence electrons. The van der Waals surface area contributed by atoms with E-state index < -0.39 is 0 Å². The third-order valence-electron chi connectivity index (χ3n) is 3.12. The fourth-order valence-corrected chi connectivity index (χ4v) is 2.26. The maximum Gasteiger partial charge on any atom is 0.174 e. The summed E-state index contributed by atoms with van der Waals surface area (Å²) in [5.74, 6) is 0.181. The summed E-state index contributed by atoms with van der Waals surface area (Å²) in [7, 11) is 0. The molecule has 0 saturated heterocycles. The van der Waals surface area contributed by atoms with E-state index in [1.807, 2.05) is 30.5 Å². The average Bonchev–Trinajstić information content (AvgIpc) is 2.83. The van der Waals surface area contributed by atoms with Gasteiger partial charge in [-0.15, -0.1) is 0 Å². The highest BCUT2D eigenvalue weighted by atomic mass is 32.1. The van der Waals surface area contributed by atoms with Crippen molar-refractivity contribution in [3.05, 3.63) is 64.7 Å². The van der Waals surface area contributed by atoms with Crippen LogP contribution in [0.1, 0.15) is 29.7 Å². The number of rotatable bonds is 4. The van der Waals surface area contributed by atoms with Crippen molar-refractivity contribution in [1.29, 1.82) is 0 Å². The number of nitrogen functional groups attached to an aromatic ring is 1. The van der Waals surface area contributed by atoms with Gasteiger partial charge in [-0.2, -0.15) is 0 Å². The Labute approximate surface area is 117 Å². The molecule has 1 aromatic carbocycles. The van der Waals surface area contributed by atoms with Gasteiger partial charge in [-0.1, -0.05) is 43.9 Å². The molecule has 0 fully saturated rings. The molecule has 1 atom stereocenters. The van der Waals surface area contributed by atoms with Crippen molar-refractivity contribution in [3.8, 4) is 0 Å². The van der Waals surface area contributed by atoms with E-state index in [4.69, 9.17) is 18.0 Å². The smallest absolute Gasteiger partial charge is 0.174 e. The van der Waals surface area contributed by atoms with Crippen LogP contribution in [0.3, 0.4) is 0 Å². The molecule has 0 aliphatic heterocycles. The number of hydrogen-bond donors (Lipinski definition) is 3. The number of aromatic amines is 2. The molecule has 2 aromatic rings. The summed E-state index contributed by atoms with van der Waals surface area (Å²) in [6.45, 7) is 5.81. The van der Waals surface area contributed by atoms with Crippen LogP contribution in [0.2, 0.25) is 0 Å². The molecule has 4 N–H and O–H groups in total. The first-order valence-corrected chi connectivity index (χ1v) is 6.49. The van der Waals surface area contributed by atoms with Crippen molar-refractivity contribution >= 4 is 24.0 Å². The van der Waals surface area contributed by atoms with E-state index in [-0.39, 0.29) is 5.92 Å². The van der Waals surface area contributed by atoms with Gasteiger partial charge in [0.25, 0.3) is 0 Å². The Morgan fingerprint density at radius 3 is 2.84 bits per heavy atom. The number of H-pyrrole nitrogens is 2. The quantitative estimate of drug-likeness (QED) is 0.447. The number of benzene rings is 1. The highest BCUT2D eigenvalue weighted by molar-refractivity contribution is 7.71. The number of nitrogens with one attached hydrogen (secondary N) is 2. The van der Waals surface area contributed by atoms with Gasteiger partial charge >= 0.3 is 0 Å². The summed E-state index contributed by atoms with van der Waals surface area (Å²) >= 11 is 5.07. The topological polar surface area (TPSA) is 57.6 Å². The van der Waals surface area contributed by atoms with Crippen molar-refractivity contribution in [2.24, 2.45) is 0 Å². The predicted molar refractivity (Wildman–Crippen MR) is 83.6 cm³/mol. The summed E-state index contributed by atoms with van der Waals surface area (Å²) in [5, 5.41) is 0. The zero-order chi connectivity index (χ0) is 13.8. The second-order valence-corrected chi connectivity index (χ2v) is 4.77. The number of allylic oxidation sites excluding steroid dienone is 2. The minimum absolute atomic E-state index is 0.181. The first-order valence-electron chi connectivity index (χ1n) is 6.08. The van der Waals surface area contributed by atoms with E-state index >= 15 is 0 Å². The van der Waals surface area contributed by atoms with Crippen LogP contribution in [-0.2, 0) is 0 Å². The predicted octanol–water partition coefficient (Wildman–Crippen LogP) is 4.01. The van der Waals surface area contributed by atoms with Crippen LogP contribution in [0.15, 0.2) is 43.1 Å². The van der Waals surface area contributed by atoms with Gasteiger partial charge in [0.05, 0.1) is 0 Å². The summed E-state index contributed by atoms with van der Waals surface area (Å²) in [4.78, 5) is 6.14. The van der Waals surface area contributed by atoms with Crippen LogP contribution >= 0.6 is 12.2 Å². The first-order chi connectivity index (χ1) is 9.13. The van der Waals surface area contributed by atoms with E-state index in [0.717, 1.165) is 22.5 Å².